The van der Waals surface area contributed by atoms with Gasteiger partial charge in [0.15, 0.2) is 6.29 Å². The molecule has 4 rings (SSSR count). The Kier molecular flexibility index (Phi) is 13.0. The Labute approximate surface area is 243 Å². The van der Waals surface area contributed by atoms with Crippen LogP contribution in [0.2, 0.25) is 0 Å². The predicted octanol–water partition coefficient (Wildman–Crippen LogP) is 6.31. The molecule has 0 saturated heterocycles. The molecule has 0 heterocycles. The lowest BCUT2D eigenvalue weighted by Crippen LogP contribution is -2.43. The lowest BCUT2D eigenvalue weighted by Gasteiger charge is -2.30. The lowest BCUT2D eigenvalue weighted by atomic mass is 10.2. The molecular formula is C35H40O6. The Morgan fingerprint density at radius 1 is 0.488 bits per heavy atom. The topological polar surface area (TPSA) is 66.4 Å². The number of rotatable bonds is 18. The molecule has 4 atom stereocenters. The third kappa shape index (κ3) is 11.2. The van der Waals surface area contributed by atoms with Gasteiger partial charge < -0.3 is 28.8 Å². The van der Waals surface area contributed by atoms with Crippen LogP contribution in [-0.4, -0.2) is 42.9 Å². The zero-order valence-corrected chi connectivity index (χ0v) is 23.6. The molecule has 6 heteroatoms. The standard InChI is InChI=1S/C35H40O6/c1-28(39-24-31-18-10-4-11-19-31)33(26-37-22-29-14-6-2-7-15-29)41-35(36)34(40-25-32-20-12-5-13-21-32)27-38-23-30-16-8-3-9-17-30/h2-21,28,33-36H,22-27H2,1H3/t28-,33?,34+,35-/m1/s1. The van der Waals surface area contributed by atoms with Crippen molar-refractivity contribution in [3.8, 4) is 0 Å². The Bertz CT molecular complexity index is 1210. The second-order valence-electron chi connectivity index (χ2n) is 9.90. The summed E-state index contributed by atoms with van der Waals surface area (Å²) in [4.78, 5) is 0. The lowest BCUT2D eigenvalue weighted by molar-refractivity contribution is -0.242. The molecule has 0 aliphatic carbocycles. The van der Waals surface area contributed by atoms with Crippen molar-refractivity contribution >= 4 is 0 Å². The highest BCUT2D eigenvalue weighted by Gasteiger charge is 2.29. The minimum atomic E-state index is -1.26. The van der Waals surface area contributed by atoms with Gasteiger partial charge in [0.1, 0.15) is 12.2 Å². The fourth-order valence-corrected chi connectivity index (χ4v) is 4.19. The first-order chi connectivity index (χ1) is 20.2. The van der Waals surface area contributed by atoms with Crippen LogP contribution in [0.25, 0.3) is 0 Å². The smallest absolute Gasteiger partial charge is 0.183 e. The summed E-state index contributed by atoms with van der Waals surface area (Å²) in [7, 11) is 0. The molecule has 4 aromatic carbocycles. The monoisotopic (exact) mass is 556 g/mol. The molecule has 216 valence electrons. The molecule has 0 aliphatic heterocycles. The number of aliphatic hydroxyl groups is 1. The number of benzene rings is 4. The number of ether oxygens (including phenoxy) is 5. The summed E-state index contributed by atoms with van der Waals surface area (Å²) in [6, 6.07) is 39.7. The van der Waals surface area contributed by atoms with Crippen LogP contribution in [0.1, 0.15) is 29.2 Å². The van der Waals surface area contributed by atoms with Gasteiger partial charge in [-0.3, -0.25) is 0 Å². The highest BCUT2D eigenvalue weighted by atomic mass is 16.7. The molecule has 0 radical (unpaired) electrons. The van der Waals surface area contributed by atoms with Gasteiger partial charge in [-0.1, -0.05) is 121 Å². The molecule has 0 saturated carbocycles. The van der Waals surface area contributed by atoms with E-state index >= 15 is 0 Å². The van der Waals surface area contributed by atoms with E-state index in [1.165, 1.54) is 0 Å². The van der Waals surface area contributed by atoms with Crippen molar-refractivity contribution in [1.82, 2.24) is 0 Å². The fraction of sp³-hybridized carbons (Fsp3) is 0.314. The average Bonchev–Trinajstić information content (AvgIpc) is 3.03. The first-order valence-electron chi connectivity index (χ1n) is 14.1. The number of hydrogen-bond donors (Lipinski definition) is 1. The third-order valence-electron chi connectivity index (χ3n) is 6.61. The predicted molar refractivity (Wildman–Crippen MR) is 159 cm³/mol. The van der Waals surface area contributed by atoms with Crippen LogP contribution >= 0.6 is 0 Å². The van der Waals surface area contributed by atoms with E-state index in [0.717, 1.165) is 22.3 Å². The van der Waals surface area contributed by atoms with Gasteiger partial charge in [-0.2, -0.15) is 0 Å². The van der Waals surface area contributed by atoms with E-state index in [1.807, 2.05) is 128 Å². The largest absolute Gasteiger partial charge is 0.374 e. The Balaban J connectivity index is 1.39. The van der Waals surface area contributed by atoms with Gasteiger partial charge >= 0.3 is 0 Å². The summed E-state index contributed by atoms with van der Waals surface area (Å²) in [6.07, 6.45) is -2.89. The van der Waals surface area contributed by atoms with Gasteiger partial charge in [-0.25, -0.2) is 0 Å². The summed E-state index contributed by atoms with van der Waals surface area (Å²) < 4.78 is 30.4. The minimum Gasteiger partial charge on any atom is -0.374 e. The van der Waals surface area contributed by atoms with Gasteiger partial charge in [0.25, 0.3) is 0 Å². The summed E-state index contributed by atoms with van der Waals surface area (Å²) in [5.41, 5.74) is 4.15. The van der Waals surface area contributed by atoms with Crippen LogP contribution in [-0.2, 0) is 50.1 Å². The van der Waals surface area contributed by atoms with Gasteiger partial charge in [-0.05, 0) is 29.2 Å². The normalized spacial score (nSPS) is 14.3. The maximum absolute atomic E-state index is 11.3. The van der Waals surface area contributed by atoms with E-state index in [9.17, 15) is 5.11 Å². The van der Waals surface area contributed by atoms with Gasteiger partial charge in [0.2, 0.25) is 0 Å². The van der Waals surface area contributed by atoms with E-state index in [4.69, 9.17) is 23.7 Å². The zero-order valence-electron chi connectivity index (χ0n) is 23.6. The SMILES string of the molecule is C[C@@H](OCc1ccccc1)C(COCc1ccccc1)O[C@@H](O)[C@H](COCc1ccccc1)OCc1ccccc1. The van der Waals surface area contributed by atoms with Crippen molar-refractivity contribution in [3.05, 3.63) is 144 Å². The summed E-state index contributed by atoms with van der Waals surface area (Å²) in [5, 5.41) is 11.3. The van der Waals surface area contributed by atoms with Crippen LogP contribution in [0.15, 0.2) is 121 Å². The van der Waals surface area contributed by atoms with Crippen LogP contribution < -0.4 is 0 Å². The summed E-state index contributed by atoms with van der Waals surface area (Å²) in [5.74, 6) is 0. The third-order valence-corrected chi connectivity index (χ3v) is 6.61. The first-order valence-corrected chi connectivity index (χ1v) is 14.1. The van der Waals surface area contributed by atoms with Crippen molar-refractivity contribution in [2.75, 3.05) is 13.2 Å². The molecule has 1 N–H and O–H groups in total. The molecule has 0 bridgehead atoms. The molecular weight excluding hydrogens is 516 g/mol. The fourth-order valence-electron chi connectivity index (χ4n) is 4.19. The highest BCUT2D eigenvalue weighted by Crippen LogP contribution is 2.16. The second kappa shape index (κ2) is 17.5. The van der Waals surface area contributed by atoms with Crippen molar-refractivity contribution in [2.24, 2.45) is 0 Å². The maximum atomic E-state index is 11.3. The second-order valence-corrected chi connectivity index (χ2v) is 9.90. The summed E-state index contributed by atoms with van der Waals surface area (Å²) in [6.45, 7) is 3.88. The number of aliphatic hydroxyl groups excluding tert-OH is 1. The Hall–Kier alpha value is -3.36. The van der Waals surface area contributed by atoms with Crippen molar-refractivity contribution < 1.29 is 28.8 Å². The summed E-state index contributed by atoms with van der Waals surface area (Å²) >= 11 is 0. The molecule has 0 aromatic heterocycles. The van der Waals surface area contributed by atoms with Crippen LogP contribution in [0, 0.1) is 0 Å². The van der Waals surface area contributed by atoms with Crippen LogP contribution in [0.4, 0.5) is 0 Å². The van der Waals surface area contributed by atoms with Crippen molar-refractivity contribution in [3.63, 3.8) is 0 Å². The maximum Gasteiger partial charge on any atom is 0.183 e. The molecule has 0 amide bonds. The molecule has 0 aliphatic rings. The molecule has 1 unspecified atom stereocenters. The average molecular weight is 557 g/mol. The number of hydrogen-bond acceptors (Lipinski definition) is 6. The first kappa shape index (κ1) is 30.6. The van der Waals surface area contributed by atoms with Crippen LogP contribution in [0.3, 0.4) is 0 Å². The minimum absolute atomic E-state index is 0.153. The zero-order chi connectivity index (χ0) is 28.5. The van der Waals surface area contributed by atoms with E-state index in [-0.39, 0.29) is 19.3 Å². The Morgan fingerprint density at radius 3 is 1.29 bits per heavy atom. The van der Waals surface area contributed by atoms with E-state index < -0.39 is 18.5 Å². The van der Waals surface area contributed by atoms with Gasteiger partial charge in [-0.15, -0.1) is 0 Å². The quantitative estimate of drug-likeness (QED) is 0.145. The highest BCUT2D eigenvalue weighted by molar-refractivity contribution is 5.15. The van der Waals surface area contributed by atoms with Crippen LogP contribution in [0.5, 0.6) is 0 Å². The molecule has 6 nitrogen and oxygen atoms in total. The van der Waals surface area contributed by atoms with E-state index in [2.05, 4.69) is 0 Å². The molecule has 0 fully saturated rings. The van der Waals surface area contributed by atoms with Crippen molar-refractivity contribution in [1.29, 1.82) is 0 Å². The molecule has 4 aromatic rings. The van der Waals surface area contributed by atoms with Gasteiger partial charge in [0, 0.05) is 0 Å². The van der Waals surface area contributed by atoms with E-state index in [1.54, 1.807) is 0 Å². The van der Waals surface area contributed by atoms with Crippen molar-refractivity contribution in [2.45, 2.75) is 58.0 Å². The molecule has 41 heavy (non-hydrogen) atoms. The molecule has 0 spiro atoms. The van der Waals surface area contributed by atoms with E-state index in [0.29, 0.717) is 26.4 Å². The van der Waals surface area contributed by atoms with Gasteiger partial charge in [0.05, 0.1) is 45.7 Å². The Morgan fingerprint density at radius 2 is 0.854 bits per heavy atom.